The Morgan fingerprint density at radius 2 is 1.57 bits per heavy atom. The van der Waals surface area contributed by atoms with Gasteiger partial charge in [0.05, 0.1) is 0 Å². The second kappa shape index (κ2) is 10.0. The van der Waals surface area contributed by atoms with Crippen LogP contribution in [0.25, 0.3) is 0 Å². The third-order valence-corrected chi connectivity index (χ3v) is 2.12. The van der Waals surface area contributed by atoms with Crippen molar-refractivity contribution in [3.05, 3.63) is 25.3 Å². The average molecular weight is 196 g/mol. The van der Waals surface area contributed by atoms with Crippen LogP contribution >= 0.6 is 0 Å². The monoisotopic (exact) mass is 196 g/mol. The number of carbonyl (C=O) groups excluding carboxylic acids is 1. The zero-order valence-corrected chi connectivity index (χ0v) is 8.78. The van der Waals surface area contributed by atoms with Gasteiger partial charge in [0.1, 0.15) is 6.10 Å². The van der Waals surface area contributed by atoms with Gasteiger partial charge < -0.3 is 4.74 Å². The number of hydrogen-bond acceptors (Lipinski definition) is 2. The lowest BCUT2D eigenvalue weighted by atomic mass is 10.1. The van der Waals surface area contributed by atoms with Crippen LogP contribution in [0.4, 0.5) is 0 Å². The van der Waals surface area contributed by atoms with Gasteiger partial charge in [-0.25, -0.2) is 0 Å². The van der Waals surface area contributed by atoms with Gasteiger partial charge >= 0.3 is 0 Å². The van der Waals surface area contributed by atoms with E-state index in [1.165, 1.54) is 0 Å². The number of unbranched alkanes of at least 4 members (excludes halogenated alkanes) is 2. The standard InChI is InChI=1S/C12H20O2/c1-3-5-7-9-12(14-11-13)10-8-6-4-2/h3-4,11-12H,1-2,5-10H2. The molecule has 0 radical (unpaired) electrons. The summed E-state index contributed by atoms with van der Waals surface area (Å²) in [6, 6.07) is 0. The van der Waals surface area contributed by atoms with Gasteiger partial charge in [0, 0.05) is 0 Å². The number of carbonyl (C=O) groups is 1. The summed E-state index contributed by atoms with van der Waals surface area (Å²) in [5.41, 5.74) is 0. The van der Waals surface area contributed by atoms with Crippen LogP contribution in [0.15, 0.2) is 25.3 Å². The van der Waals surface area contributed by atoms with Crippen LogP contribution in [0.5, 0.6) is 0 Å². The summed E-state index contributed by atoms with van der Waals surface area (Å²) in [5, 5.41) is 0. The van der Waals surface area contributed by atoms with E-state index in [1.54, 1.807) is 0 Å². The van der Waals surface area contributed by atoms with E-state index in [1.807, 2.05) is 12.2 Å². The van der Waals surface area contributed by atoms with Crippen molar-refractivity contribution < 1.29 is 9.53 Å². The molecule has 0 spiro atoms. The number of rotatable bonds is 10. The minimum atomic E-state index is 0.0763. The molecule has 0 aromatic rings. The number of hydrogen-bond donors (Lipinski definition) is 0. The summed E-state index contributed by atoms with van der Waals surface area (Å²) >= 11 is 0. The van der Waals surface area contributed by atoms with E-state index in [0.29, 0.717) is 6.47 Å². The van der Waals surface area contributed by atoms with E-state index < -0.39 is 0 Å². The van der Waals surface area contributed by atoms with Gasteiger partial charge in [0.25, 0.3) is 6.47 Å². The Labute approximate surface area is 86.6 Å². The Hall–Kier alpha value is -1.05. The molecule has 80 valence electrons. The smallest absolute Gasteiger partial charge is 0.293 e. The zero-order chi connectivity index (χ0) is 10.6. The molecule has 0 atom stereocenters. The van der Waals surface area contributed by atoms with E-state index in [4.69, 9.17) is 4.74 Å². The molecule has 2 heteroatoms. The lowest BCUT2D eigenvalue weighted by Crippen LogP contribution is -2.11. The Kier molecular flexibility index (Phi) is 9.28. The summed E-state index contributed by atoms with van der Waals surface area (Å²) < 4.78 is 4.99. The van der Waals surface area contributed by atoms with E-state index in [-0.39, 0.29) is 6.10 Å². The maximum atomic E-state index is 10.2. The molecule has 0 fully saturated rings. The normalized spacial score (nSPS) is 9.79. The van der Waals surface area contributed by atoms with Crippen LogP contribution in [0, 0.1) is 0 Å². The quantitative estimate of drug-likeness (QED) is 0.304. The van der Waals surface area contributed by atoms with Gasteiger partial charge in [-0.05, 0) is 38.5 Å². The highest BCUT2D eigenvalue weighted by Gasteiger charge is 2.07. The number of ether oxygens (including phenoxy) is 1. The highest BCUT2D eigenvalue weighted by Crippen LogP contribution is 2.12. The SMILES string of the molecule is C=CCCCC(CCCC=C)OC=O. The first-order valence-corrected chi connectivity index (χ1v) is 5.16. The molecule has 0 saturated carbocycles. The third-order valence-electron chi connectivity index (χ3n) is 2.12. The van der Waals surface area contributed by atoms with Crippen molar-refractivity contribution >= 4 is 6.47 Å². The molecule has 0 aliphatic heterocycles. The van der Waals surface area contributed by atoms with Gasteiger partial charge in [-0.3, -0.25) is 4.79 Å². The van der Waals surface area contributed by atoms with Crippen LogP contribution < -0.4 is 0 Å². The largest absolute Gasteiger partial charge is 0.465 e. The van der Waals surface area contributed by atoms with E-state index in [0.717, 1.165) is 38.5 Å². The summed E-state index contributed by atoms with van der Waals surface area (Å²) in [6.45, 7) is 7.86. The van der Waals surface area contributed by atoms with Crippen molar-refractivity contribution in [1.29, 1.82) is 0 Å². The molecule has 0 aromatic heterocycles. The van der Waals surface area contributed by atoms with Crippen molar-refractivity contribution in [3.63, 3.8) is 0 Å². The molecule has 0 aromatic carbocycles. The van der Waals surface area contributed by atoms with Crippen LogP contribution in [-0.4, -0.2) is 12.6 Å². The fourth-order valence-corrected chi connectivity index (χ4v) is 1.34. The van der Waals surface area contributed by atoms with Gasteiger partial charge in [-0.15, -0.1) is 13.2 Å². The Morgan fingerprint density at radius 1 is 1.07 bits per heavy atom. The molecule has 14 heavy (non-hydrogen) atoms. The molecule has 0 aliphatic carbocycles. The van der Waals surface area contributed by atoms with Gasteiger partial charge in [0.15, 0.2) is 0 Å². The first-order chi connectivity index (χ1) is 6.85. The third kappa shape index (κ3) is 7.59. The van der Waals surface area contributed by atoms with Crippen LogP contribution in [0.2, 0.25) is 0 Å². The molecule has 0 saturated heterocycles. The lowest BCUT2D eigenvalue weighted by Gasteiger charge is -2.13. The molecule has 0 rings (SSSR count). The average Bonchev–Trinajstić information content (AvgIpc) is 2.18. The molecule has 0 unspecified atom stereocenters. The maximum Gasteiger partial charge on any atom is 0.293 e. The van der Waals surface area contributed by atoms with E-state index in [2.05, 4.69) is 13.2 Å². The van der Waals surface area contributed by atoms with Crippen molar-refractivity contribution in [2.75, 3.05) is 0 Å². The minimum absolute atomic E-state index is 0.0763. The summed E-state index contributed by atoms with van der Waals surface area (Å²) in [6.07, 6.45) is 9.77. The van der Waals surface area contributed by atoms with Gasteiger partial charge in [-0.1, -0.05) is 12.2 Å². The fourth-order valence-electron chi connectivity index (χ4n) is 1.34. The first-order valence-electron chi connectivity index (χ1n) is 5.16. The molecule has 0 bridgehead atoms. The molecule has 0 aliphatic rings. The topological polar surface area (TPSA) is 26.3 Å². The Morgan fingerprint density at radius 3 is 1.93 bits per heavy atom. The Bertz CT molecular complexity index is 150. The number of allylic oxidation sites excluding steroid dienone is 2. The molecule has 0 heterocycles. The lowest BCUT2D eigenvalue weighted by molar-refractivity contribution is -0.134. The molecule has 2 nitrogen and oxygen atoms in total. The van der Waals surface area contributed by atoms with Crippen molar-refractivity contribution in [2.24, 2.45) is 0 Å². The van der Waals surface area contributed by atoms with Crippen LogP contribution in [0.1, 0.15) is 38.5 Å². The van der Waals surface area contributed by atoms with Gasteiger partial charge in [0.2, 0.25) is 0 Å². The molecule has 0 N–H and O–H groups in total. The minimum Gasteiger partial charge on any atom is -0.465 e. The predicted octanol–water partition coefficient (Wildman–Crippen LogP) is 3.24. The molecular weight excluding hydrogens is 176 g/mol. The highest BCUT2D eigenvalue weighted by molar-refractivity contribution is 5.37. The zero-order valence-electron chi connectivity index (χ0n) is 8.78. The second-order valence-electron chi connectivity index (χ2n) is 3.29. The van der Waals surface area contributed by atoms with Gasteiger partial charge in [-0.2, -0.15) is 0 Å². The summed E-state index contributed by atoms with van der Waals surface area (Å²) in [5.74, 6) is 0. The Balaban J connectivity index is 3.58. The van der Waals surface area contributed by atoms with Crippen molar-refractivity contribution in [1.82, 2.24) is 0 Å². The molecule has 0 amide bonds. The predicted molar refractivity (Wildman–Crippen MR) is 59.0 cm³/mol. The summed E-state index contributed by atoms with van der Waals surface area (Å²) in [7, 11) is 0. The first kappa shape index (κ1) is 12.9. The summed E-state index contributed by atoms with van der Waals surface area (Å²) in [4.78, 5) is 10.2. The maximum absolute atomic E-state index is 10.2. The van der Waals surface area contributed by atoms with Crippen molar-refractivity contribution in [2.45, 2.75) is 44.6 Å². The van der Waals surface area contributed by atoms with Crippen LogP contribution in [0.3, 0.4) is 0 Å². The van der Waals surface area contributed by atoms with Crippen LogP contribution in [-0.2, 0) is 9.53 Å². The fraction of sp³-hybridized carbons (Fsp3) is 0.583. The molecular formula is C12H20O2. The highest BCUT2D eigenvalue weighted by atomic mass is 16.5. The van der Waals surface area contributed by atoms with E-state index >= 15 is 0 Å². The van der Waals surface area contributed by atoms with Crippen molar-refractivity contribution in [3.8, 4) is 0 Å². The second-order valence-corrected chi connectivity index (χ2v) is 3.29. The van der Waals surface area contributed by atoms with E-state index in [9.17, 15) is 4.79 Å².